The molecule has 0 saturated carbocycles. The zero-order valence-corrected chi connectivity index (χ0v) is 24.4. The maximum absolute atomic E-state index is 13.4. The molecule has 1 atom stereocenters. The molecule has 0 spiro atoms. The summed E-state index contributed by atoms with van der Waals surface area (Å²) in [6, 6.07) is 10.4. The van der Waals surface area contributed by atoms with E-state index in [0.29, 0.717) is 29.3 Å². The third-order valence-electron chi connectivity index (χ3n) is 8.65. The summed E-state index contributed by atoms with van der Waals surface area (Å²) in [6.07, 6.45) is 5.92. The second kappa shape index (κ2) is 10.8. The molecule has 1 aliphatic carbocycles. The fraction of sp³-hybridized carbons (Fsp3) is 0.419. The summed E-state index contributed by atoms with van der Waals surface area (Å²) in [4.78, 5) is 32.6. The van der Waals surface area contributed by atoms with Gasteiger partial charge in [0, 0.05) is 50.9 Å². The smallest absolute Gasteiger partial charge is 0.278 e. The van der Waals surface area contributed by atoms with Crippen molar-refractivity contribution in [2.45, 2.75) is 45.3 Å². The Bertz CT molecular complexity index is 1660. The van der Waals surface area contributed by atoms with E-state index in [2.05, 4.69) is 71.8 Å². The molecule has 1 N–H and O–H groups in total. The van der Waals surface area contributed by atoms with Crippen LogP contribution >= 0.6 is 0 Å². The molecule has 3 aromatic heterocycles. The number of allylic oxidation sites excluding steroid dienone is 1. The third kappa shape index (κ3) is 4.70. The molecular formula is C31H38N8O2. The van der Waals surface area contributed by atoms with Crippen LogP contribution in [0, 0.1) is 6.92 Å². The number of nitrogens with one attached hydrogen (secondary N) is 1. The van der Waals surface area contributed by atoms with E-state index in [1.165, 1.54) is 16.8 Å². The summed E-state index contributed by atoms with van der Waals surface area (Å²) >= 11 is 0. The lowest BCUT2D eigenvalue weighted by atomic mass is 9.97. The van der Waals surface area contributed by atoms with Crippen molar-refractivity contribution in [1.29, 1.82) is 0 Å². The van der Waals surface area contributed by atoms with Crippen LogP contribution in [0.3, 0.4) is 0 Å². The van der Waals surface area contributed by atoms with Gasteiger partial charge in [0.1, 0.15) is 11.0 Å². The lowest BCUT2D eigenvalue weighted by Gasteiger charge is -2.35. The molecular weight excluding hydrogens is 516 g/mol. The van der Waals surface area contributed by atoms with Crippen molar-refractivity contribution >= 4 is 28.4 Å². The number of aromatic nitrogens is 5. The minimum absolute atomic E-state index is 0.186. The average Bonchev–Trinajstić information content (AvgIpc) is 3.48. The number of hydrogen-bond donors (Lipinski definition) is 1. The van der Waals surface area contributed by atoms with E-state index in [1.54, 1.807) is 28.7 Å². The third-order valence-corrected chi connectivity index (χ3v) is 8.65. The molecule has 0 radical (unpaired) electrons. The number of hydrogen-bond acceptors (Lipinski definition) is 8. The molecule has 10 heteroatoms. The van der Waals surface area contributed by atoms with Gasteiger partial charge in [0.2, 0.25) is 5.95 Å². The van der Waals surface area contributed by atoms with Crippen molar-refractivity contribution in [2.75, 3.05) is 50.6 Å². The van der Waals surface area contributed by atoms with Crippen LogP contribution in [0.1, 0.15) is 36.6 Å². The van der Waals surface area contributed by atoms with Crippen LogP contribution < -0.4 is 15.8 Å². The van der Waals surface area contributed by atoms with E-state index in [-0.39, 0.29) is 5.56 Å². The van der Waals surface area contributed by atoms with Gasteiger partial charge in [0.15, 0.2) is 11.5 Å². The van der Waals surface area contributed by atoms with Crippen LogP contribution in [0.4, 0.5) is 17.3 Å². The predicted molar refractivity (Wildman–Crippen MR) is 163 cm³/mol. The van der Waals surface area contributed by atoms with E-state index in [9.17, 15) is 4.79 Å². The summed E-state index contributed by atoms with van der Waals surface area (Å²) in [5.74, 6) is 1.03. The first-order valence-corrected chi connectivity index (χ1v) is 14.3. The summed E-state index contributed by atoms with van der Waals surface area (Å²) < 4.78 is 9.37. The topological polar surface area (TPSA) is 93.3 Å². The van der Waals surface area contributed by atoms with Gasteiger partial charge in [-0.05, 0) is 68.6 Å². The van der Waals surface area contributed by atoms with E-state index < -0.39 is 5.60 Å². The number of pyridine rings is 1. The Kier molecular flexibility index (Phi) is 7.13. The monoisotopic (exact) mass is 554 g/mol. The van der Waals surface area contributed by atoms with Crippen LogP contribution in [0.5, 0.6) is 0 Å². The van der Waals surface area contributed by atoms with Crippen molar-refractivity contribution in [3.63, 3.8) is 0 Å². The maximum Gasteiger partial charge on any atom is 0.278 e. The molecule has 1 aliphatic heterocycles. The number of piperazine rings is 1. The van der Waals surface area contributed by atoms with Crippen molar-refractivity contribution in [2.24, 2.45) is 0 Å². The molecule has 214 valence electrons. The highest BCUT2D eigenvalue weighted by Gasteiger charge is 2.39. The molecule has 0 bridgehead atoms. The van der Waals surface area contributed by atoms with Crippen molar-refractivity contribution in [3.05, 3.63) is 76.4 Å². The number of fused-ring (bicyclic) bond motifs is 2. The fourth-order valence-electron chi connectivity index (χ4n) is 6.21. The second-order valence-electron chi connectivity index (χ2n) is 11.1. The Labute approximate surface area is 240 Å². The number of anilines is 3. The van der Waals surface area contributed by atoms with Gasteiger partial charge in [-0.15, -0.1) is 6.58 Å². The average molecular weight is 555 g/mol. The van der Waals surface area contributed by atoms with Gasteiger partial charge in [-0.25, -0.2) is 19.3 Å². The van der Waals surface area contributed by atoms with Gasteiger partial charge in [-0.2, -0.15) is 4.98 Å². The molecule has 4 aromatic rings. The predicted octanol–water partition coefficient (Wildman–Crippen LogP) is 4.16. The van der Waals surface area contributed by atoms with E-state index in [0.717, 1.165) is 56.8 Å². The lowest BCUT2D eigenvalue weighted by Crippen LogP contribution is -2.44. The maximum atomic E-state index is 13.4. The SMILES string of the molecule is C=CCn1c(=O)c2cnc(Nc3ccc(N4CCN(C)CC4)c(C)c3)nc2n1-c1ccc2c(n1)[C@@](CC)(OC)CC2. The molecule has 1 aromatic carbocycles. The lowest BCUT2D eigenvalue weighted by molar-refractivity contribution is -0.0198. The highest BCUT2D eigenvalue weighted by atomic mass is 16.5. The van der Waals surface area contributed by atoms with Gasteiger partial charge in [0.25, 0.3) is 5.56 Å². The number of methoxy groups -OCH3 is 1. The Hall–Kier alpha value is -4.02. The summed E-state index contributed by atoms with van der Waals surface area (Å²) in [6.45, 7) is 12.6. The summed E-state index contributed by atoms with van der Waals surface area (Å²) in [5.41, 5.74) is 5.32. The zero-order chi connectivity index (χ0) is 28.7. The zero-order valence-electron chi connectivity index (χ0n) is 24.4. The number of ether oxygens (including phenoxy) is 1. The van der Waals surface area contributed by atoms with E-state index in [4.69, 9.17) is 14.7 Å². The van der Waals surface area contributed by atoms with Crippen LogP contribution in [-0.4, -0.2) is 69.6 Å². The molecule has 1 fully saturated rings. The van der Waals surface area contributed by atoms with Crippen LogP contribution in [0.2, 0.25) is 0 Å². The van der Waals surface area contributed by atoms with Gasteiger partial charge >= 0.3 is 0 Å². The second-order valence-corrected chi connectivity index (χ2v) is 11.1. The van der Waals surface area contributed by atoms with Gasteiger partial charge in [-0.3, -0.25) is 4.79 Å². The largest absolute Gasteiger partial charge is 0.372 e. The summed E-state index contributed by atoms with van der Waals surface area (Å²) in [5, 5.41) is 3.78. The number of benzene rings is 1. The first-order chi connectivity index (χ1) is 19.9. The first-order valence-electron chi connectivity index (χ1n) is 14.3. The van der Waals surface area contributed by atoms with E-state index >= 15 is 0 Å². The van der Waals surface area contributed by atoms with Crippen molar-refractivity contribution in [1.82, 2.24) is 29.2 Å². The van der Waals surface area contributed by atoms with Crippen LogP contribution in [0.15, 0.2) is 54.0 Å². The highest BCUT2D eigenvalue weighted by Crippen LogP contribution is 2.41. The van der Waals surface area contributed by atoms with Gasteiger partial charge < -0.3 is 19.9 Å². The summed E-state index contributed by atoms with van der Waals surface area (Å²) in [7, 11) is 3.91. The normalized spacial score (nSPS) is 19.1. The number of rotatable bonds is 8. The van der Waals surface area contributed by atoms with Gasteiger partial charge in [-0.1, -0.05) is 19.1 Å². The Balaban J connectivity index is 1.38. The molecule has 10 nitrogen and oxygen atoms in total. The minimum Gasteiger partial charge on any atom is -0.372 e. The van der Waals surface area contributed by atoms with E-state index in [1.807, 2.05) is 6.07 Å². The number of nitrogens with zero attached hydrogens (tertiary/aromatic N) is 7. The Morgan fingerprint density at radius 2 is 1.95 bits per heavy atom. The molecule has 1 saturated heterocycles. The molecule has 0 unspecified atom stereocenters. The minimum atomic E-state index is -0.423. The van der Waals surface area contributed by atoms with Crippen LogP contribution in [0.25, 0.3) is 16.9 Å². The standard InChI is InChI=1S/C31H38N8O2/c1-6-14-38-29(40)24-20-32-30(33-23-9-10-25(21(3)19-23)37-17-15-36(4)16-18-37)35-28(24)39(38)26-11-8-22-12-13-31(7-2,41-5)27(22)34-26/h6,8-11,19-20H,1,7,12-18H2,2-5H3,(H,32,33,35)/t31-/m0/s1. The van der Waals surface area contributed by atoms with Crippen molar-refractivity contribution in [3.8, 4) is 5.82 Å². The first kappa shape index (κ1) is 27.2. The number of aryl methyl sites for hydroxylation is 2. The molecule has 0 amide bonds. The van der Waals surface area contributed by atoms with Gasteiger partial charge in [0.05, 0.1) is 12.2 Å². The van der Waals surface area contributed by atoms with Crippen molar-refractivity contribution < 1.29 is 4.74 Å². The molecule has 2 aliphatic rings. The highest BCUT2D eigenvalue weighted by molar-refractivity contribution is 5.77. The molecule has 41 heavy (non-hydrogen) atoms. The quantitative estimate of drug-likeness (QED) is 0.325. The fourth-order valence-corrected chi connectivity index (χ4v) is 6.21. The Morgan fingerprint density at radius 1 is 1.15 bits per heavy atom. The molecule has 4 heterocycles. The molecule has 6 rings (SSSR count). The van der Waals surface area contributed by atoms with Crippen LogP contribution in [-0.2, 0) is 23.3 Å². The Morgan fingerprint density at radius 3 is 2.66 bits per heavy atom. The number of likely N-dealkylation sites (N-methyl/N-ethyl adjacent to an activating group) is 1.